The molecule has 3 atom stereocenters. The Labute approximate surface area is 138 Å². The minimum absolute atomic E-state index is 0.0653. The van der Waals surface area contributed by atoms with E-state index in [4.69, 9.17) is 9.73 Å². The maximum absolute atomic E-state index is 11.1. The lowest BCUT2D eigenvalue weighted by Crippen LogP contribution is -2.99. The third kappa shape index (κ3) is 3.19. The van der Waals surface area contributed by atoms with E-state index in [1.54, 1.807) is 12.1 Å². The number of aliphatic hydroxyl groups excluding tert-OH is 1. The van der Waals surface area contributed by atoms with Gasteiger partial charge in [0.25, 0.3) is 0 Å². The van der Waals surface area contributed by atoms with Gasteiger partial charge in [-0.15, -0.1) is 0 Å². The Hall–Kier alpha value is -1.84. The zero-order chi connectivity index (χ0) is 16.7. The lowest BCUT2D eigenvalue weighted by atomic mass is 10.2. The predicted molar refractivity (Wildman–Crippen MR) is 83.2 cm³/mol. The molecule has 8 heteroatoms. The van der Waals surface area contributed by atoms with Crippen LogP contribution in [0.15, 0.2) is 28.8 Å². The second kappa shape index (κ2) is 6.23. The second-order valence-electron chi connectivity index (χ2n) is 6.64. The van der Waals surface area contributed by atoms with E-state index in [-0.39, 0.29) is 17.8 Å². The fraction of sp³-hybridized carbons (Fsp3) is 0.500. The number of aliphatic hydroxyl groups is 1. The van der Waals surface area contributed by atoms with Crippen LogP contribution in [0, 0.1) is 11.1 Å². The summed E-state index contributed by atoms with van der Waals surface area (Å²) >= 11 is 0. The van der Waals surface area contributed by atoms with E-state index in [0.29, 0.717) is 36.2 Å². The van der Waals surface area contributed by atoms with Gasteiger partial charge in [-0.05, 0) is 25.2 Å². The van der Waals surface area contributed by atoms with Gasteiger partial charge in [0.05, 0.1) is 12.1 Å². The van der Waals surface area contributed by atoms with Crippen LogP contribution >= 0.6 is 0 Å². The summed E-state index contributed by atoms with van der Waals surface area (Å²) in [5.74, 6) is 1.58. The van der Waals surface area contributed by atoms with Gasteiger partial charge >= 0.3 is 0 Å². The average Bonchev–Trinajstić information content (AvgIpc) is 3.11. The summed E-state index contributed by atoms with van der Waals surface area (Å²) in [5, 5.41) is 33.2. The molecule has 1 aromatic carbocycles. The third-order valence-electron chi connectivity index (χ3n) is 4.67. The van der Waals surface area contributed by atoms with E-state index in [1.807, 2.05) is 0 Å². The molecule has 0 amide bonds. The topological polar surface area (TPSA) is 110 Å². The van der Waals surface area contributed by atoms with Crippen molar-refractivity contribution in [2.75, 3.05) is 13.1 Å². The highest BCUT2D eigenvalue weighted by molar-refractivity contribution is 5.58. The molecular formula is C16H20N4O4. The number of nitrogens with zero attached hydrogens (tertiary/aromatic N) is 3. The number of benzene rings is 1. The molecule has 3 N–H and O–H groups in total. The largest absolute Gasteiger partial charge is 0.595 e. The van der Waals surface area contributed by atoms with Gasteiger partial charge in [-0.3, -0.25) is 4.90 Å². The molecule has 2 fully saturated rings. The number of rotatable bonds is 5. The summed E-state index contributed by atoms with van der Waals surface area (Å²) in [6, 6.07) is 6.41. The molecule has 1 saturated heterocycles. The van der Waals surface area contributed by atoms with Crippen molar-refractivity contribution in [2.24, 2.45) is 5.92 Å². The molecule has 4 rings (SSSR count). The molecule has 2 aromatic rings. The molecule has 1 unspecified atom stereocenters. The molecule has 2 heterocycles. The fourth-order valence-corrected chi connectivity index (χ4v) is 3.25. The van der Waals surface area contributed by atoms with E-state index in [0.717, 1.165) is 6.54 Å². The molecule has 0 radical (unpaired) electrons. The van der Waals surface area contributed by atoms with Crippen LogP contribution in [0.5, 0.6) is 0 Å². The zero-order valence-corrected chi connectivity index (χ0v) is 13.1. The van der Waals surface area contributed by atoms with E-state index >= 15 is 0 Å². The lowest BCUT2D eigenvalue weighted by molar-refractivity contribution is -0.991. The first-order valence-corrected chi connectivity index (χ1v) is 8.19. The van der Waals surface area contributed by atoms with Crippen LogP contribution in [0.4, 0.5) is 5.69 Å². The highest BCUT2D eigenvalue weighted by Crippen LogP contribution is 2.37. The molecule has 1 aliphatic carbocycles. The SMILES string of the molecule is [O-][NH+](O)c1cccc(-c2noc([C@@H]3C[C@@H](O)CN3CC3CC3)n2)c1. The third-order valence-corrected chi connectivity index (χ3v) is 4.67. The van der Waals surface area contributed by atoms with E-state index in [1.165, 1.54) is 25.0 Å². The number of aromatic nitrogens is 2. The monoisotopic (exact) mass is 332 g/mol. The van der Waals surface area contributed by atoms with E-state index in [9.17, 15) is 10.3 Å². The van der Waals surface area contributed by atoms with E-state index < -0.39 is 5.23 Å². The van der Waals surface area contributed by atoms with E-state index in [2.05, 4.69) is 15.0 Å². The van der Waals surface area contributed by atoms with Gasteiger partial charge in [0.1, 0.15) is 0 Å². The number of hydrogen-bond donors (Lipinski definition) is 3. The molecule has 8 nitrogen and oxygen atoms in total. The summed E-state index contributed by atoms with van der Waals surface area (Å²) in [6.45, 7) is 1.58. The van der Waals surface area contributed by atoms with Gasteiger partial charge in [0.2, 0.25) is 11.7 Å². The first-order valence-electron chi connectivity index (χ1n) is 8.19. The van der Waals surface area contributed by atoms with Crippen LogP contribution in [-0.4, -0.2) is 44.5 Å². The van der Waals surface area contributed by atoms with Crippen molar-refractivity contribution >= 4 is 5.69 Å². The number of hydrogen-bond acceptors (Lipinski definition) is 7. The Morgan fingerprint density at radius 2 is 2.21 bits per heavy atom. The van der Waals surface area contributed by atoms with Crippen molar-refractivity contribution in [2.45, 2.75) is 31.4 Å². The maximum Gasteiger partial charge on any atom is 0.244 e. The van der Waals surface area contributed by atoms with Crippen molar-refractivity contribution in [1.29, 1.82) is 0 Å². The summed E-state index contributed by atoms with van der Waals surface area (Å²) in [5.41, 5.74) is 0.794. The molecular weight excluding hydrogens is 312 g/mol. The van der Waals surface area contributed by atoms with Crippen LogP contribution in [0.25, 0.3) is 11.4 Å². The standard InChI is InChI=1S/C16H20N4O4/c21-13-7-14(19(9-13)8-10-4-5-10)16-17-15(18-24-16)11-2-1-3-12(6-11)20(22)23/h1-3,6,10,13-14,20-22H,4-5,7-9H2/t13-,14+/m1/s1. The van der Waals surface area contributed by atoms with Gasteiger partial charge in [-0.2, -0.15) is 10.2 Å². The lowest BCUT2D eigenvalue weighted by Gasteiger charge is -2.20. The van der Waals surface area contributed by atoms with Gasteiger partial charge in [-0.1, -0.05) is 17.3 Å². The summed E-state index contributed by atoms with van der Waals surface area (Å²) < 4.78 is 5.42. The molecule has 128 valence electrons. The minimum Gasteiger partial charge on any atom is -0.595 e. The Kier molecular flexibility index (Phi) is 4.07. The van der Waals surface area contributed by atoms with Crippen molar-refractivity contribution in [1.82, 2.24) is 15.0 Å². The first kappa shape index (κ1) is 15.7. The smallest absolute Gasteiger partial charge is 0.244 e. The number of likely N-dealkylation sites (tertiary alicyclic amines) is 1. The Bertz CT molecular complexity index is 716. The minimum atomic E-state index is -0.991. The van der Waals surface area contributed by atoms with Gasteiger partial charge in [-0.25, -0.2) is 5.21 Å². The summed E-state index contributed by atoms with van der Waals surface area (Å²) in [4.78, 5) is 6.67. The predicted octanol–water partition coefficient (Wildman–Crippen LogP) is 0.658. The molecule has 0 spiro atoms. The van der Waals surface area contributed by atoms with Crippen LogP contribution in [0.3, 0.4) is 0 Å². The van der Waals surface area contributed by atoms with Crippen molar-refractivity contribution in [3.63, 3.8) is 0 Å². The molecule has 2 aliphatic rings. The molecule has 1 saturated carbocycles. The zero-order valence-electron chi connectivity index (χ0n) is 13.1. The maximum atomic E-state index is 11.1. The fourth-order valence-electron chi connectivity index (χ4n) is 3.25. The highest BCUT2D eigenvalue weighted by Gasteiger charge is 2.38. The van der Waals surface area contributed by atoms with Gasteiger partial charge in [0.15, 0.2) is 5.69 Å². The highest BCUT2D eigenvalue weighted by atomic mass is 16.8. The first-order chi connectivity index (χ1) is 11.6. The Morgan fingerprint density at radius 1 is 1.38 bits per heavy atom. The Balaban J connectivity index is 1.56. The summed E-state index contributed by atoms with van der Waals surface area (Å²) in [7, 11) is 0. The summed E-state index contributed by atoms with van der Waals surface area (Å²) in [6.07, 6.45) is 2.70. The van der Waals surface area contributed by atoms with Crippen molar-refractivity contribution < 1.29 is 20.1 Å². The second-order valence-corrected chi connectivity index (χ2v) is 6.64. The van der Waals surface area contributed by atoms with Crippen LogP contribution < -0.4 is 5.23 Å². The quantitative estimate of drug-likeness (QED) is 0.690. The van der Waals surface area contributed by atoms with Crippen LogP contribution in [-0.2, 0) is 0 Å². The number of β-amino-alcohol motifs (C(OH)–C–C–N with tert-alkyl or cyclic N) is 1. The van der Waals surface area contributed by atoms with Crippen LogP contribution in [0.1, 0.15) is 31.2 Å². The molecule has 1 aromatic heterocycles. The van der Waals surface area contributed by atoms with Gasteiger partial charge < -0.3 is 14.8 Å². The molecule has 0 bridgehead atoms. The average molecular weight is 332 g/mol. The molecule has 24 heavy (non-hydrogen) atoms. The number of nitrogens with one attached hydrogen (secondary N) is 1. The van der Waals surface area contributed by atoms with Crippen molar-refractivity contribution in [3.05, 3.63) is 35.4 Å². The van der Waals surface area contributed by atoms with Gasteiger partial charge in [0, 0.05) is 30.8 Å². The number of quaternary nitrogens is 1. The van der Waals surface area contributed by atoms with Crippen molar-refractivity contribution in [3.8, 4) is 11.4 Å². The van der Waals surface area contributed by atoms with Crippen LogP contribution in [0.2, 0.25) is 0 Å². The Morgan fingerprint density at radius 3 is 2.96 bits per heavy atom. The molecule has 1 aliphatic heterocycles. The normalized spacial score (nSPS) is 26.0.